The Kier molecular flexibility index (Phi) is 7.08. The first-order valence-corrected chi connectivity index (χ1v) is 12.0. The number of ether oxygens (including phenoxy) is 2. The van der Waals surface area contributed by atoms with Crippen LogP contribution in [-0.2, 0) is 6.18 Å². The Bertz CT molecular complexity index is 1420. The fraction of sp³-hybridized carbons (Fsp3) is 0.259. The molecule has 2 heterocycles. The summed E-state index contributed by atoms with van der Waals surface area (Å²) in [7, 11) is 0. The lowest BCUT2D eigenvalue weighted by molar-refractivity contribution is -0.139. The van der Waals surface area contributed by atoms with Crippen molar-refractivity contribution in [2.75, 3.05) is 10.6 Å². The number of nitrogens with one attached hydrogen (secondary N) is 3. The minimum Gasteiger partial charge on any atom is -0.490 e. The highest BCUT2D eigenvalue weighted by Crippen LogP contribution is 2.39. The minimum absolute atomic E-state index is 0.0581. The zero-order valence-electron chi connectivity index (χ0n) is 20.0. The predicted molar refractivity (Wildman–Crippen MR) is 134 cm³/mol. The lowest BCUT2D eigenvalue weighted by Gasteiger charge is -2.27. The van der Waals surface area contributed by atoms with E-state index in [2.05, 4.69) is 20.6 Å². The van der Waals surface area contributed by atoms with Crippen molar-refractivity contribution in [3.63, 3.8) is 0 Å². The van der Waals surface area contributed by atoms with E-state index in [0.29, 0.717) is 42.1 Å². The summed E-state index contributed by atoms with van der Waals surface area (Å²) in [5.41, 5.74) is -0.00802. The standard InChI is InChI=1S/C27H24F4N4O3/c28-16-2-1-3-20(14-16)38-24-9-6-18(15-22(24)27(29,30)31)35-26(36)34-17-4-7-19(8-5-17)37-23-11-13-33-25-21(23)10-12-32-25/h4-13,15-16,20H,1-3,14H2,(H,32,33)(H2,34,35,36). The Morgan fingerprint density at radius 3 is 2.50 bits per heavy atom. The second-order valence-corrected chi connectivity index (χ2v) is 8.97. The second-order valence-electron chi connectivity index (χ2n) is 8.97. The van der Waals surface area contributed by atoms with Crippen LogP contribution in [0, 0.1) is 0 Å². The van der Waals surface area contributed by atoms with Gasteiger partial charge < -0.3 is 25.1 Å². The van der Waals surface area contributed by atoms with Crippen LogP contribution in [0.1, 0.15) is 31.2 Å². The number of aromatic amines is 1. The molecule has 2 atom stereocenters. The highest BCUT2D eigenvalue weighted by molar-refractivity contribution is 5.99. The van der Waals surface area contributed by atoms with Gasteiger partial charge in [-0.1, -0.05) is 0 Å². The van der Waals surface area contributed by atoms with Gasteiger partial charge >= 0.3 is 12.2 Å². The molecule has 1 saturated carbocycles. The fourth-order valence-corrected chi connectivity index (χ4v) is 4.36. The molecule has 4 aromatic rings. The van der Waals surface area contributed by atoms with Gasteiger partial charge in [-0.15, -0.1) is 0 Å². The number of H-pyrrole nitrogens is 1. The summed E-state index contributed by atoms with van der Waals surface area (Å²) in [5.74, 6) is 0.743. The van der Waals surface area contributed by atoms with Crippen molar-refractivity contribution in [1.82, 2.24) is 9.97 Å². The predicted octanol–water partition coefficient (Wildman–Crippen LogP) is 7.68. The molecule has 2 aromatic carbocycles. The molecule has 3 N–H and O–H groups in total. The molecule has 7 nitrogen and oxygen atoms in total. The van der Waals surface area contributed by atoms with E-state index in [0.717, 1.165) is 17.5 Å². The van der Waals surface area contributed by atoms with Crippen LogP contribution in [0.2, 0.25) is 0 Å². The Hall–Kier alpha value is -4.28. The Morgan fingerprint density at radius 1 is 0.974 bits per heavy atom. The molecule has 0 bridgehead atoms. The van der Waals surface area contributed by atoms with E-state index >= 15 is 0 Å². The summed E-state index contributed by atoms with van der Waals surface area (Å²) in [6.07, 6.45) is -1.56. The molecule has 2 amide bonds. The summed E-state index contributed by atoms with van der Waals surface area (Å²) in [6, 6.07) is 12.6. The summed E-state index contributed by atoms with van der Waals surface area (Å²) in [4.78, 5) is 19.7. The highest BCUT2D eigenvalue weighted by atomic mass is 19.4. The number of alkyl halides is 4. The largest absolute Gasteiger partial charge is 0.490 e. The van der Waals surface area contributed by atoms with Crippen LogP contribution in [0.3, 0.4) is 0 Å². The van der Waals surface area contributed by atoms with Crippen LogP contribution in [0.15, 0.2) is 67.0 Å². The first-order chi connectivity index (χ1) is 18.2. The van der Waals surface area contributed by atoms with E-state index < -0.39 is 30.0 Å². The Morgan fingerprint density at radius 2 is 1.74 bits per heavy atom. The maximum Gasteiger partial charge on any atom is 0.420 e. The summed E-state index contributed by atoms with van der Waals surface area (Å²) >= 11 is 0. The van der Waals surface area contributed by atoms with Gasteiger partial charge in [0.25, 0.3) is 0 Å². The van der Waals surface area contributed by atoms with Crippen molar-refractivity contribution in [3.05, 3.63) is 72.6 Å². The second kappa shape index (κ2) is 10.6. The van der Waals surface area contributed by atoms with Crippen LogP contribution in [0.4, 0.5) is 33.7 Å². The lowest BCUT2D eigenvalue weighted by Crippen LogP contribution is -2.27. The molecular weight excluding hydrogens is 504 g/mol. The molecule has 2 unspecified atom stereocenters. The molecule has 198 valence electrons. The van der Waals surface area contributed by atoms with Gasteiger partial charge in [0.1, 0.15) is 35.2 Å². The number of benzene rings is 2. The number of amides is 2. The first-order valence-electron chi connectivity index (χ1n) is 12.0. The van der Waals surface area contributed by atoms with Crippen molar-refractivity contribution in [2.45, 2.75) is 44.1 Å². The maximum absolute atomic E-state index is 13.7. The molecule has 38 heavy (non-hydrogen) atoms. The number of anilines is 2. The summed E-state index contributed by atoms with van der Waals surface area (Å²) in [5, 5.41) is 5.79. The summed E-state index contributed by atoms with van der Waals surface area (Å²) < 4.78 is 66.2. The van der Waals surface area contributed by atoms with Gasteiger partial charge in [0.2, 0.25) is 0 Å². The van der Waals surface area contributed by atoms with E-state index in [9.17, 15) is 22.4 Å². The number of carbonyl (C=O) groups is 1. The molecule has 1 aliphatic rings. The van der Waals surface area contributed by atoms with Gasteiger partial charge in [-0.05, 0) is 73.9 Å². The molecule has 0 saturated heterocycles. The van der Waals surface area contributed by atoms with Crippen molar-refractivity contribution < 1.29 is 31.8 Å². The van der Waals surface area contributed by atoms with Gasteiger partial charge in [-0.2, -0.15) is 13.2 Å². The third-order valence-corrected chi connectivity index (χ3v) is 6.16. The number of fused-ring (bicyclic) bond motifs is 1. The maximum atomic E-state index is 13.7. The molecule has 5 rings (SSSR count). The smallest absolute Gasteiger partial charge is 0.420 e. The van der Waals surface area contributed by atoms with Gasteiger partial charge in [0, 0.05) is 30.2 Å². The molecule has 11 heteroatoms. The van der Waals surface area contributed by atoms with E-state index in [-0.39, 0.29) is 17.9 Å². The number of nitrogens with zero attached hydrogens (tertiary/aromatic N) is 1. The van der Waals surface area contributed by atoms with E-state index in [1.807, 2.05) is 6.07 Å². The van der Waals surface area contributed by atoms with Crippen LogP contribution in [0.25, 0.3) is 11.0 Å². The molecule has 0 spiro atoms. The van der Waals surface area contributed by atoms with E-state index in [1.54, 1.807) is 42.7 Å². The Balaban J connectivity index is 1.23. The van der Waals surface area contributed by atoms with Crippen LogP contribution in [0.5, 0.6) is 17.2 Å². The average molecular weight is 529 g/mol. The molecular formula is C27H24F4N4O3. The van der Waals surface area contributed by atoms with Crippen molar-refractivity contribution in [1.29, 1.82) is 0 Å². The lowest BCUT2D eigenvalue weighted by atomic mass is 9.96. The molecule has 0 radical (unpaired) electrons. The third-order valence-electron chi connectivity index (χ3n) is 6.16. The first kappa shape index (κ1) is 25.4. The number of hydrogen-bond acceptors (Lipinski definition) is 4. The van der Waals surface area contributed by atoms with Crippen molar-refractivity contribution in [2.24, 2.45) is 0 Å². The van der Waals surface area contributed by atoms with Gasteiger partial charge in [-0.3, -0.25) is 0 Å². The van der Waals surface area contributed by atoms with Gasteiger partial charge in [-0.25, -0.2) is 14.2 Å². The number of aromatic nitrogens is 2. The third kappa shape index (κ3) is 5.99. The van der Waals surface area contributed by atoms with Gasteiger partial charge in [0.05, 0.1) is 10.9 Å². The topological polar surface area (TPSA) is 88.3 Å². The van der Waals surface area contributed by atoms with Crippen molar-refractivity contribution in [3.8, 4) is 17.2 Å². The van der Waals surface area contributed by atoms with Gasteiger partial charge in [0.15, 0.2) is 0 Å². The number of hydrogen-bond donors (Lipinski definition) is 3. The van der Waals surface area contributed by atoms with Crippen molar-refractivity contribution >= 4 is 28.4 Å². The van der Waals surface area contributed by atoms with E-state index in [1.165, 1.54) is 6.07 Å². The summed E-state index contributed by atoms with van der Waals surface area (Å²) in [6.45, 7) is 0. The number of rotatable bonds is 6. The Labute approximate surface area is 215 Å². The average Bonchev–Trinajstić information content (AvgIpc) is 3.36. The fourth-order valence-electron chi connectivity index (χ4n) is 4.36. The normalized spacial score (nSPS) is 17.7. The zero-order chi connectivity index (χ0) is 26.7. The van der Waals surface area contributed by atoms with Crippen LogP contribution < -0.4 is 20.1 Å². The highest BCUT2D eigenvalue weighted by Gasteiger charge is 2.36. The monoisotopic (exact) mass is 528 g/mol. The van der Waals surface area contributed by atoms with Crippen LogP contribution >= 0.6 is 0 Å². The molecule has 2 aromatic heterocycles. The van der Waals surface area contributed by atoms with Crippen LogP contribution in [-0.4, -0.2) is 28.3 Å². The number of halogens is 4. The number of carbonyl (C=O) groups excluding carboxylic acids is 1. The quantitative estimate of drug-likeness (QED) is 0.224. The molecule has 1 aliphatic carbocycles. The van der Waals surface area contributed by atoms with E-state index in [4.69, 9.17) is 9.47 Å². The molecule has 0 aliphatic heterocycles. The number of pyridine rings is 1. The zero-order valence-corrected chi connectivity index (χ0v) is 20.0. The molecule has 1 fully saturated rings. The SMILES string of the molecule is O=C(Nc1ccc(Oc2ccnc3[nH]ccc23)cc1)Nc1ccc(OC2CCCC(F)C2)c(C(F)(F)F)c1. The minimum atomic E-state index is -4.72. The number of urea groups is 1.